The average molecular weight is 284 g/mol. The molecule has 1 amide bonds. The van der Waals surface area contributed by atoms with Crippen LogP contribution in [0.2, 0.25) is 0 Å². The van der Waals surface area contributed by atoms with Crippen LogP contribution in [0, 0.1) is 13.8 Å². The fraction of sp³-hybridized carbons (Fsp3) is 0.400. The predicted octanol–water partition coefficient (Wildman–Crippen LogP) is 2.01. The standard InChI is InChI=1S/C10H12N4O2S2/c1-5-8(17-6(2)11-5)9(15)12-10-14-13-7(18-10)4-16-3/h4H2,1-3H3,(H,12,14,15). The predicted molar refractivity (Wildman–Crippen MR) is 70.2 cm³/mol. The number of amides is 1. The van der Waals surface area contributed by atoms with Gasteiger partial charge in [-0.25, -0.2) is 4.98 Å². The van der Waals surface area contributed by atoms with Crippen molar-refractivity contribution in [1.82, 2.24) is 15.2 Å². The number of thiazole rings is 1. The van der Waals surface area contributed by atoms with Crippen molar-refractivity contribution in [3.63, 3.8) is 0 Å². The first-order valence-electron chi connectivity index (χ1n) is 5.17. The molecule has 0 aliphatic carbocycles. The molecular formula is C10H12N4O2S2. The third-order valence-corrected chi connectivity index (χ3v) is 3.95. The Morgan fingerprint density at radius 2 is 2.11 bits per heavy atom. The molecule has 0 spiro atoms. The van der Waals surface area contributed by atoms with Crippen LogP contribution >= 0.6 is 22.7 Å². The molecule has 0 aromatic carbocycles. The molecule has 0 aliphatic heterocycles. The highest BCUT2D eigenvalue weighted by Gasteiger charge is 2.15. The summed E-state index contributed by atoms with van der Waals surface area (Å²) in [5.41, 5.74) is 0.733. The van der Waals surface area contributed by atoms with E-state index in [0.29, 0.717) is 16.6 Å². The molecule has 0 bridgehead atoms. The van der Waals surface area contributed by atoms with Gasteiger partial charge in [0.25, 0.3) is 5.91 Å². The Kier molecular flexibility index (Phi) is 4.00. The molecule has 6 nitrogen and oxygen atoms in total. The van der Waals surface area contributed by atoms with Crippen molar-refractivity contribution >= 4 is 33.7 Å². The van der Waals surface area contributed by atoms with Crippen LogP contribution in [-0.2, 0) is 11.3 Å². The molecule has 8 heteroatoms. The Labute approximate surface area is 112 Å². The number of aryl methyl sites for hydroxylation is 2. The Balaban J connectivity index is 2.08. The maximum Gasteiger partial charge on any atom is 0.269 e. The van der Waals surface area contributed by atoms with E-state index in [-0.39, 0.29) is 5.91 Å². The van der Waals surface area contributed by atoms with Gasteiger partial charge in [-0.1, -0.05) is 11.3 Å². The van der Waals surface area contributed by atoms with Gasteiger partial charge in [-0.2, -0.15) is 0 Å². The molecule has 0 radical (unpaired) electrons. The molecule has 0 aliphatic rings. The van der Waals surface area contributed by atoms with Crippen LogP contribution in [0.4, 0.5) is 5.13 Å². The molecule has 2 heterocycles. The summed E-state index contributed by atoms with van der Waals surface area (Å²) in [7, 11) is 1.59. The van der Waals surface area contributed by atoms with E-state index in [9.17, 15) is 4.79 Å². The van der Waals surface area contributed by atoms with Crippen LogP contribution in [0.1, 0.15) is 25.4 Å². The third kappa shape index (κ3) is 2.89. The Morgan fingerprint density at radius 3 is 2.72 bits per heavy atom. The summed E-state index contributed by atoms with van der Waals surface area (Å²) in [5.74, 6) is -0.196. The van der Waals surface area contributed by atoms with Crippen LogP contribution in [-0.4, -0.2) is 28.2 Å². The summed E-state index contributed by atoms with van der Waals surface area (Å²) in [5, 5.41) is 12.6. The van der Waals surface area contributed by atoms with Gasteiger partial charge in [0.05, 0.1) is 10.7 Å². The number of aromatic nitrogens is 3. The Hall–Kier alpha value is -1.38. The van der Waals surface area contributed by atoms with Gasteiger partial charge in [-0.3, -0.25) is 10.1 Å². The summed E-state index contributed by atoms with van der Waals surface area (Å²) >= 11 is 2.67. The quantitative estimate of drug-likeness (QED) is 0.929. The van der Waals surface area contributed by atoms with Gasteiger partial charge >= 0.3 is 0 Å². The molecule has 2 aromatic heterocycles. The van der Waals surface area contributed by atoms with E-state index in [4.69, 9.17) is 4.74 Å². The summed E-state index contributed by atoms with van der Waals surface area (Å²) < 4.78 is 4.94. The highest BCUT2D eigenvalue weighted by Crippen LogP contribution is 2.21. The lowest BCUT2D eigenvalue weighted by Gasteiger charge is -1.97. The maximum absolute atomic E-state index is 12.0. The van der Waals surface area contributed by atoms with Crippen LogP contribution in [0.5, 0.6) is 0 Å². The van der Waals surface area contributed by atoms with Gasteiger partial charge in [0.2, 0.25) is 5.13 Å². The lowest BCUT2D eigenvalue weighted by atomic mass is 10.4. The van der Waals surface area contributed by atoms with Gasteiger partial charge < -0.3 is 4.74 Å². The molecule has 0 saturated carbocycles. The highest BCUT2D eigenvalue weighted by atomic mass is 32.1. The molecule has 0 fully saturated rings. The van der Waals surface area contributed by atoms with Crippen molar-refractivity contribution in [3.8, 4) is 0 Å². The highest BCUT2D eigenvalue weighted by molar-refractivity contribution is 7.16. The third-order valence-electron chi connectivity index (χ3n) is 2.06. The maximum atomic E-state index is 12.0. The fourth-order valence-electron chi connectivity index (χ4n) is 1.38. The van der Waals surface area contributed by atoms with Crippen LogP contribution in [0.25, 0.3) is 0 Å². The van der Waals surface area contributed by atoms with Crippen LogP contribution in [0.15, 0.2) is 0 Å². The van der Waals surface area contributed by atoms with E-state index in [1.165, 1.54) is 22.7 Å². The van der Waals surface area contributed by atoms with Gasteiger partial charge in [-0.15, -0.1) is 21.5 Å². The minimum absolute atomic E-state index is 0.196. The SMILES string of the molecule is COCc1nnc(NC(=O)c2sc(C)nc2C)s1. The minimum atomic E-state index is -0.196. The second-order valence-corrected chi connectivity index (χ2v) is 5.80. The van der Waals surface area contributed by atoms with Crippen LogP contribution < -0.4 is 5.32 Å². The minimum Gasteiger partial charge on any atom is -0.377 e. The molecular weight excluding hydrogens is 272 g/mol. The van der Waals surface area contributed by atoms with E-state index in [1.807, 2.05) is 13.8 Å². The monoisotopic (exact) mass is 284 g/mol. The van der Waals surface area contributed by atoms with Gasteiger partial charge in [-0.05, 0) is 13.8 Å². The van der Waals surface area contributed by atoms with Crippen molar-refractivity contribution in [1.29, 1.82) is 0 Å². The molecule has 0 atom stereocenters. The number of hydrogen-bond acceptors (Lipinski definition) is 7. The average Bonchev–Trinajstić information content (AvgIpc) is 2.86. The number of rotatable bonds is 4. The zero-order valence-electron chi connectivity index (χ0n) is 10.2. The van der Waals surface area contributed by atoms with Crippen molar-refractivity contribution in [2.45, 2.75) is 20.5 Å². The van der Waals surface area contributed by atoms with Gasteiger partial charge in [0.15, 0.2) is 0 Å². The molecule has 2 aromatic rings. The number of ether oxygens (including phenoxy) is 1. The van der Waals surface area contributed by atoms with Crippen molar-refractivity contribution in [2.75, 3.05) is 12.4 Å². The zero-order chi connectivity index (χ0) is 13.1. The van der Waals surface area contributed by atoms with Crippen LogP contribution in [0.3, 0.4) is 0 Å². The first-order chi connectivity index (χ1) is 8.60. The second kappa shape index (κ2) is 5.51. The molecule has 1 N–H and O–H groups in total. The number of nitrogens with one attached hydrogen (secondary N) is 1. The molecule has 96 valence electrons. The number of anilines is 1. The Bertz CT molecular complexity index is 564. The first kappa shape index (κ1) is 13.1. The van der Waals surface area contributed by atoms with E-state index < -0.39 is 0 Å². The fourth-order valence-corrected chi connectivity index (χ4v) is 2.90. The summed E-state index contributed by atoms with van der Waals surface area (Å²) in [6, 6.07) is 0. The Morgan fingerprint density at radius 1 is 1.33 bits per heavy atom. The second-order valence-electron chi connectivity index (χ2n) is 3.54. The lowest BCUT2D eigenvalue weighted by Crippen LogP contribution is -2.11. The van der Waals surface area contributed by atoms with E-state index in [1.54, 1.807) is 7.11 Å². The summed E-state index contributed by atoms with van der Waals surface area (Å²) in [6.07, 6.45) is 0. The van der Waals surface area contributed by atoms with E-state index in [2.05, 4.69) is 20.5 Å². The van der Waals surface area contributed by atoms with Crippen molar-refractivity contribution in [3.05, 3.63) is 20.6 Å². The zero-order valence-corrected chi connectivity index (χ0v) is 11.8. The molecule has 0 saturated heterocycles. The van der Waals surface area contributed by atoms with Gasteiger partial charge in [0.1, 0.15) is 16.5 Å². The van der Waals surface area contributed by atoms with E-state index in [0.717, 1.165) is 15.7 Å². The number of hydrogen-bond donors (Lipinski definition) is 1. The molecule has 0 unspecified atom stereocenters. The topological polar surface area (TPSA) is 77.0 Å². The van der Waals surface area contributed by atoms with Gasteiger partial charge in [0, 0.05) is 7.11 Å². The number of carbonyl (C=O) groups is 1. The number of nitrogens with zero attached hydrogens (tertiary/aromatic N) is 3. The lowest BCUT2D eigenvalue weighted by molar-refractivity contribution is 0.102. The van der Waals surface area contributed by atoms with Crippen molar-refractivity contribution in [2.24, 2.45) is 0 Å². The van der Waals surface area contributed by atoms with Crippen molar-refractivity contribution < 1.29 is 9.53 Å². The summed E-state index contributed by atoms with van der Waals surface area (Å²) in [6.45, 7) is 4.08. The first-order valence-corrected chi connectivity index (χ1v) is 6.80. The molecule has 18 heavy (non-hydrogen) atoms. The molecule has 2 rings (SSSR count). The number of carbonyl (C=O) groups excluding carboxylic acids is 1. The summed E-state index contributed by atoms with van der Waals surface area (Å²) in [4.78, 5) is 16.8. The smallest absolute Gasteiger partial charge is 0.269 e. The normalized spacial score (nSPS) is 10.6. The number of methoxy groups -OCH3 is 1. The largest absolute Gasteiger partial charge is 0.377 e. The van der Waals surface area contributed by atoms with E-state index >= 15 is 0 Å².